The zero-order chi connectivity index (χ0) is 13.9. The van der Waals surface area contributed by atoms with Crippen LogP contribution in [0.25, 0.3) is 0 Å². The zero-order valence-corrected chi connectivity index (χ0v) is 12.0. The molecule has 2 unspecified atom stereocenters. The van der Waals surface area contributed by atoms with Gasteiger partial charge in [0.05, 0.1) is 18.3 Å². The fourth-order valence-corrected chi connectivity index (χ4v) is 3.14. The van der Waals surface area contributed by atoms with Crippen LogP contribution < -0.4 is 15.0 Å². The monoisotopic (exact) mass is 274 g/mol. The molecule has 1 aromatic rings. The summed E-state index contributed by atoms with van der Waals surface area (Å²) in [5.74, 6) is 1.68. The topological polar surface area (TPSA) is 41.6 Å². The van der Waals surface area contributed by atoms with E-state index in [4.69, 9.17) is 4.74 Å². The van der Waals surface area contributed by atoms with Crippen LogP contribution in [-0.2, 0) is 4.79 Å². The minimum absolute atomic E-state index is 0.0418. The second-order valence-electron chi connectivity index (χ2n) is 5.61. The summed E-state index contributed by atoms with van der Waals surface area (Å²) >= 11 is 0. The highest BCUT2D eigenvalue weighted by Crippen LogP contribution is 2.32. The molecule has 0 aliphatic carbocycles. The Kier molecular flexibility index (Phi) is 3.92. The van der Waals surface area contributed by atoms with Gasteiger partial charge in [-0.3, -0.25) is 4.79 Å². The Hall–Kier alpha value is -1.55. The molecular formula is C16H22N2O2. The molecule has 20 heavy (non-hydrogen) atoms. The third-order valence-electron chi connectivity index (χ3n) is 4.38. The first-order chi connectivity index (χ1) is 9.79. The van der Waals surface area contributed by atoms with Gasteiger partial charge in [-0.1, -0.05) is 25.5 Å². The number of carbonyl (C=O) groups excluding carboxylic acids is 1. The fraction of sp³-hybridized carbons (Fsp3) is 0.562. The third-order valence-corrected chi connectivity index (χ3v) is 4.38. The molecular weight excluding hydrogens is 252 g/mol. The van der Waals surface area contributed by atoms with Crippen molar-refractivity contribution in [3.63, 3.8) is 0 Å². The smallest absolute Gasteiger partial charge is 0.244 e. The van der Waals surface area contributed by atoms with Crippen LogP contribution in [0.4, 0.5) is 5.69 Å². The van der Waals surface area contributed by atoms with Gasteiger partial charge < -0.3 is 15.0 Å². The normalized spacial score (nSPS) is 25.8. The second-order valence-corrected chi connectivity index (χ2v) is 5.61. The lowest BCUT2D eigenvalue weighted by Gasteiger charge is -2.35. The molecule has 0 bridgehead atoms. The number of hydrogen-bond acceptors (Lipinski definition) is 3. The fourth-order valence-electron chi connectivity index (χ4n) is 3.14. The summed E-state index contributed by atoms with van der Waals surface area (Å²) in [5.41, 5.74) is 0.907. The molecule has 3 rings (SSSR count). The molecule has 1 saturated heterocycles. The number of carbonyl (C=O) groups is 1. The maximum atomic E-state index is 12.8. The molecule has 2 aliphatic rings. The van der Waals surface area contributed by atoms with E-state index in [1.807, 2.05) is 29.2 Å². The first-order valence-corrected chi connectivity index (χ1v) is 7.56. The van der Waals surface area contributed by atoms with Crippen molar-refractivity contribution in [3.05, 3.63) is 24.3 Å². The van der Waals surface area contributed by atoms with Gasteiger partial charge in [-0.05, 0) is 37.4 Å². The Labute approximate surface area is 120 Å². The average molecular weight is 274 g/mol. The van der Waals surface area contributed by atoms with Crippen molar-refractivity contribution in [1.29, 1.82) is 0 Å². The number of benzene rings is 1. The summed E-state index contributed by atoms with van der Waals surface area (Å²) in [5, 5.41) is 3.38. The predicted molar refractivity (Wildman–Crippen MR) is 79.1 cm³/mol. The average Bonchev–Trinajstić information content (AvgIpc) is 2.53. The number of nitrogens with one attached hydrogen (secondary N) is 1. The van der Waals surface area contributed by atoms with Crippen LogP contribution in [0.2, 0.25) is 0 Å². The van der Waals surface area contributed by atoms with E-state index in [1.54, 1.807) is 0 Å². The molecule has 1 N–H and O–H groups in total. The van der Waals surface area contributed by atoms with Gasteiger partial charge in [0.1, 0.15) is 12.4 Å². The summed E-state index contributed by atoms with van der Waals surface area (Å²) in [4.78, 5) is 14.7. The summed E-state index contributed by atoms with van der Waals surface area (Å²) in [6.07, 6.45) is 3.29. The van der Waals surface area contributed by atoms with Crippen LogP contribution in [0, 0.1) is 5.92 Å². The van der Waals surface area contributed by atoms with E-state index >= 15 is 0 Å². The van der Waals surface area contributed by atoms with Gasteiger partial charge in [0.15, 0.2) is 0 Å². The van der Waals surface area contributed by atoms with Gasteiger partial charge in [-0.15, -0.1) is 0 Å². The molecule has 2 aliphatic heterocycles. The molecule has 0 spiro atoms. The summed E-state index contributed by atoms with van der Waals surface area (Å²) in [7, 11) is 0. The summed E-state index contributed by atoms with van der Waals surface area (Å²) < 4.78 is 5.62. The molecule has 2 atom stereocenters. The molecule has 1 amide bonds. The van der Waals surface area contributed by atoms with E-state index in [-0.39, 0.29) is 11.9 Å². The van der Waals surface area contributed by atoms with Crippen molar-refractivity contribution in [2.75, 3.05) is 24.6 Å². The molecule has 4 nitrogen and oxygen atoms in total. The van der Waals surface area contributed by atoms with Crippen LogP contribution in [0.1, 0.15) is 26.2 Å². The van der Waals surface area contributed by atoms with Crippen molar-refractivity contribution in [2.24, 2.45) is 5.92 Å². The highest BCUT2D eigenvalue weighted by molar-refractivity contribution is 5.98. The van der Waals surface area contributed by atoms with E-state index in [0.29, 0.717) is 19.1 Å². The lowest BCUT2D eigenvalue weighted by molar-refractivity contribution is -0.121. The Bertz CT molecular complexity index is 489. The van der Waals surface area contributed by atoms with Gasteiger partial charge >= 0.3 is 0 Å². The first-order valence-electron chi connectivity index (χ1n) is 7.56. The number of anilines is 1. The Balaban J connectivity index is 1.78. The van der Waals surface area contributed by atoms with Crippen molar-refractivity contribution >= 4 is 11.6 Å². The van der Waals surface area contributed by atoms with E-state index in [1.165, 1.54) is 6.42 Å². The molecule has 4 heteroatoms. The van der Waals surface area contributed by atoms with Gasteiger partial charge in [-0.2, -0.15) is 0 Å². The van der Waals surface area contributed by atoms with Crippen LogP contribution in [0.5, 0.6) is 5.75 Å². The van der Waals surface area contributed by atoms with Crippen LogP contribution in [0.3, 0.4) is 0 Å². The molecule has 0 saturated carbocycles. The minimum Gasteiger partial charge on any atom is -0.490 e. The Morgan fingerprint density at radius 3 is 3.15 bits per heavy atom. The number of nitrogens with zero attached hydrogens (tertiary/aromatic N) is 1. The largest absolute Gasteiger partial charge is 0.490 e. The van der Waals surface area contributed by atoms with E-state index in [0.717, 1.165) is 30.8 Å². The molecule has 1 fully saturated rings. The maximum Gasteiger partial charge on any atom is 0.244 e. The van der Waals surface area contributed by atoms with Crippen molar-refractivity contribution in [2.45, 2.75) is 32.2 Å². The molecule has 2 heterocycles. The number of hydrogen-bond donors (Lipinski definition) is 1. The predicted octanol–water partition coefficient (Wildman–Crippen LogP) is 2.19. The maximum absolute atomic E-state index is 12.8. The third kappa shape index (κ3) is 2.52. The number of para-hydroxylation sites is 2. The van der Waals surface area contributed by atoms with Crippen molar-refractivity contribution in [1.82, 2.24) is 5.32 Å². The van der Waals surface area contributed by atoms with Crippen LogP contribution in [0.15, 0.2) is 24.3 Å². The molecule has 0 radical (unpaired) electrons. The highest BCUT2D eigenvalue weighted by Gasteiger charge is 2.32. The quantitative estimate of drug-likeness (QED) is 0.899. The number of piperidine rings is 1. The van der Waals surface area contributed by atoms with E-state index in [2.05, 4.69) is 12.2 Å². The number of ether oxygens (including phenoxy) is 1. The molecule has 108 valence electrons. The standard InChI is InChI=1S/C16H22N2O2/c1-2-12-7-8-17-13(11-12)16(19)18-9-10-20-15-6-4-3-5-14(15)18/h3-6,12-13,17H,2,7-11H2,1H3. The van der Waals surface area contributed by atoms with Crippen molar-refractivity contribution in [3.8, 4) is 5.75 Å². The van der Waals surface area contributed by atoms with E-state index < -0.39 is 0 Å². The van der Waals surface area contributed by atoms with E-state index in [9.17, 15) is 4.79 Å². The molecule has 0 aromatic heterocycles. The number of fused-ring (bicyclic) bond motifs is 1. The Morgan fingerprint density at radius 1 is 1.45 bits per heavy atom. The zero-order valence-electron chi connectivity index (χ0n) is 12.0. The lowest BCUT2D eigenvalue weighted by Crippen LogP contribution is -2.52. The van der Waals surface area contributed by atoms with Crippen LogP contribution in [-0.4, -0.2) is 31.6 Å². The van der Waals surface area contributed by atoms with Gasteiger partial charge in [0, 0.05) is 0 Å². The summed E-state index contributed by atoms with van der Waals surface area (Å²) in [6, 6.07) is 7.75. The van der Waals surface area contributed by atoms with Crippen LogP contribution >= 0.6 is 0 Å². The minimum atomic E-state index is -0.0418. The Morgan fingerprint density at radius 2 is 2.30 bits per heavy atom. The summed E-state index contributed by atoms with van der Waals surface area (Å²) in [6.45, 7) is 4.37. The van der Waals surface area contributed by atoms with Gasteiger partial charge in [-0.25, -0.2) is 0 Å². The SMILES string of the molecule is CCC1CCNC(C(=O)N2CCOc3ccccc32)C1. The van der Waals surface area contributed by atoms with Gasteiger partial charge in [0.2, 0.25) is 5.91 Å². The van der Waals surface area contributed by atoms with Crippen molar-refractivity contribution < 1.29 is 9.53 Å². The highest BCUT2D eigenvalue weighted by atomic mass is 16.5. The lowest BCUT2D eigenvalue weighted by atomic mass is 9.89. The molecule has 1 aromatic carbocycles. The second kappa shape index (κ2) is 5.83. The number of rotatable bonds is 2. The number of amides is 1. The first kappa shape index (κ1) is 13.4. The van der Waals surface area contributed by atoms with Gasteiger partial charge in [0.25, 0.3) is 0 Å².